The van der Waals surface area contributed by atoms with Crippen molar-refractivity contribution in [2.75, 3.05) is 6.26 Å². The second kappa shape index (κ2) is 5.69. The van der Waals surface area contributed by atoms with E-state index in [0.717, 1.165) is 23.5 Å². The molecule has 1 nitrogen and oxygen atoms in total. The van der Waals surface area contributed by atoms with Gasteiger partial charge in [0.15, 0.2) is 0 Å². The molecule has 0 saturated carbocycles. The molecule has 0 atom stereocenters. The Hall–Kier alpha value is -0.800. The Morgan fingerprint density at radius 2 is 2.12 bits per heavy atom. The molecule has 90 valence electrons. The maximum absolute atomic E-state index is 5.23. The fourth-order valence-electron chi connectivity index (χ4n) is 2.15. The summed E-state index contributed by atoms with van der Waals surface area (Å²) in [7, 11) is 2.11. The van der Waals surface area contributed by atoms with Crippen LogP contribution in [0.5, 0.6) is 0 Å². The smallest absolute Gasteiger partial charge is 0.0480 e. The molecule has 0 N–H and O–H groups in total. The van der Waals surface area contributed by atoms with Gasteiger partial charge in [-0.15, -0.1) is 11.8 Å². The molecule has 2 aromatic rings. The van der Waals surface area contributed by atoms with Gasteiger partial charge >= 0.3 is 0 Å². The van der Waals surface area contributed by atoms with Gasteiger partial charge in [0, 0.05) is 28.3 Å². The first-order chi connectivity index (χ1) is 8.22. The number of para-hydroxylation sites is 1. The van der Waals surface area contributed by atoms with Crippen LogP contribution in [0.1, 0.15) is 18.4 Å². The second-order valence-corrected chi connectivity index (χ2v) is 5.86. The fraction of sp³-hybridized carbons (Fsp3) is 0.357. The first kappa shape index (κ1) is 12.7. The molecule has 3 heteroatoms. The number of aryl methyl sites for hydroxylation is 2. The van der Waals surface area contributed by atoms with Gasteiger partial charge in [0.2, 0.25) is 0 Å². The topological polar surface area (TPSA) is 4.93 Å². The van der Waals surface area contributed by atoms with Crippen molar-refractivity contribution in [1.82, 2.24) is 4.57 Å². The normalized spacial score (nSPS) is 10.9. The Kier molecular flexibility index (Phi) is 4.24. The van der Waals surface area contributed by atoms with Gasteiger partial charge in [0.25, 0.3) is 0 Å². The summed E-state index contributed by atoms with van der Waals surface area (Å²) < 4.78 is 3.32. The molecule has 1 heterocycles. The van der Waals surface area contributed by atoms with E-state index in [4.69, 9.17) is 12.2 Å². The molecule has 0 saturated heterocycles. The van der Waals surface area contributed by atoms with Crippen LogP contribution in [0.2, 0.25) is 0 Å². The summed E-state index contributed by atoms with van der Waals surface area (Å²) in [5, 5.41) is 1.38. The zero-order valence-electron chi connectivity index (χ0n) is 10.3. The average Bonchev–Trinajstić information content (AvgIpc) is 2.67. The highest BCUT2D eigenvalue weighted by atomic mass is 32.2. The minimum absolute atomic E-state index is 1.04. The maximum Gasteiger partial charge on any atom is 0.0480 e. The predicted molar refractivity (Wildman–Crippen MR) is 82.0 cm³/mol. The number of hydrogen-bond acceptors (Lipinski definition) is 2. The van der Waals surface area contributed by atoms with Crippen molar-refractivity contribution in [2.45, 2.75) is 19.3 Å². The van der Waals surface area contributed by atoms with Gasteiger partial charge in [-0.2, -0.15) is 0 Å². The number of fused-ring (bicyclic) bond motifs is 1. The van der Waals surface area contributed by atoms with Gasteiger partial charge < -0.3 is 4.57 Å². The minimum atomic E-state index is 1.04. The zero-order chi connectivity index (χ0) is 12.3. The molecule has 17 heavy (non-hydrogen) atoms. The molecule has 1 aromatic carbocycles. The molecule has 2 rings (SSSR count). The summed E-state index contributed by atoms with van der Waals surface area (Å²) in [5.74, 6) is 0. The van der Waals surface area contributed by atoms with Crippen LogP contribution in [0.25, 0.3) is 10.9 Å². The number of thioether (sulfide) groups is 1. The summed E-state index contributed by atoms with van der Waals surface area (Å²) in [4.78, 5) is 0. The van der Waals surface area contributed by atoms with E-state index in [1.165, 1.54) is 16.5 Å². The molecule has 0 bridgehead atoms. The van der Waals surface area contributed by atoms with Crippen molar-refractivity contribution >= 4 is 39.1 Å². The lowest BCUT2D eigenvalue weighted by atomic mass is 10.1. The quantitative estimate of drug-likeness (QED) is 0.762. The fourth-order valence-corrected chi connectivity index (χ4v) is 2.64. The summed E-state index contributed by atoms with van der Waals surface area (Å²) in [6, 6.07) is 8.58. The molecule has 0 unspecified atom stereocenters. The van der Waals surface area contributed by atoms with E-state index < -0.39 is 0 Å². The number of benzene rings is 1. The van der Waals surface area contributed by atoms with Crippen LogP contribution in [0.4, 0.5) is 0 Å². The third-order valence-electron chi connectivity index (χ3n) is 3.03. The maximum atomic E-state index is 5.23. The predicted octanol–water partition coefficient (Wildman–Crippen LogP) is 4.19. The lowest BCUT2D eigenvalue weighted by Crippen LogP contribution is -1.90. The zero-order valence-corrected chi connectivity index (χ0v) is 11.9. The van der Waals surface area contributed by atoms with E-state index in [0.29, 0.717) is 0 Å². The van der Waals surface area contributed by atoms with Crippen molar-refractivity contribution in [3.05, 3.63) is 36.0 Å². The summed E-state index contributed by atoms with van der Waals surface area (Å²) >= 11 is 6.92. The molecule has 0 spiro atoms. The molecule has 0 fully saturated rings. The summed E-state index contributed by atoms with van der Waals surface area (Å²) in [6.07, 6.45) is 7.60. The Balaban J connectivity index is 2.11. The van der Waals surface area contributed by atoms with Gasteiger partial charge in [0.05, 0.1) is 0 Å². The monoisotopic (exact) mass is 263 g/mol. The summed E-state index contributed by atoms with van der Waals surface area (Å²) in [6.45, 7) is 0. The van der Waals surface area contributed by atoms with Crippen LogP contribution in [0.3, 0.4) is 0 Å². The van der Waals surface area contributed by atoms with Gasteiger partial charge in [-0.1, -0.05) is 30.4 Å². The second-order valence-electron chi connectivity index (χ2n) is 4.21. The van der Waals surface area contributed by atoms with Crippen LogP contribution in [-0.4, -0.2) is 15.0 Å². The van der Waals surface area contributed by atoms with Crippen LogP contribution >= 0.6 is 24.0 Å². The van der Waals surface area contributed by atoms with Crippen LogP contribution < -0.4 is 0 Å². The average molecular weight is 263 g/mol. The standard InChI is InChI=1S/C14H17NS2/c1-15-10-11(6-5-9-14(16)17-2)12-7-3-4-8-13(12)15/h3-4,7-8,10H,5-6,9H2,1-2H3. The summed E-state index contributed by atoms with van der Waals surface area (Å²) in [5.41, 5.74) is 2.75. The molecule has 0 aliphatic rings. The van der Waals surface area contributed by atoms with E-state index in [2.05, 4.69) is 48.3 Å². The van der Waals surface area contributed by atoms with Gasteiger partial charge in [-0.3, -0.25) is 0 Å². The highest BCUT2D eigenvalue weighted by molar-refractivity contribution is 8.22. The Morgan fingerprint density at radius 1 is 1.35 bits per heavy atom. The molecular formula is C14H17NS2. The third-order valence-corrected chi connectivity index (χ3v) is 4.40. The van der Waals surface area contributed by atoms with Crippen molar-refractivity contribution < 1.29 is 0 Å². The largest absolute Gasteiger partial charge is 0.350 e. The first-order valence-electron chi connectivity index (χ1n) is 5.82. The molecule has 0 radical (unpaired) electrons. The first-order valence-corrected chi connectivity index (χ1v) is 7.45. The van der Waals surface area contributed by atoms with Crippen molar-refractivity contribution in [3.63, 3.8) is 0 Å². The van der Waals surface area contributed by atoms with E-state index in [-0.39, 0.29) is 0 Å². The molecular weight excluding hydrogens is 246 g/mol. The molecule has 0 aliphatic carbocycles. The van der Waals surface area contributed by atoms with Crippen molar-refractivity contribution in [1.29, 1.82) is 0 Å². The molecule has 1 aromatic heterocycles. The highest BCUT2D eigenvalue weighted by Gasteiger charge is 2.05. The van der Waals surface area contributed by atoms with E-state index >= 15 is 0 Å². The third kappa shape index (κ3) is 2.90. The van der Waals surface area contributed by atoms with Crippen molar-refractivity contribution in [3.8, 4) is 0 Å². The van der Waals surface area contributed by atoms with E-state index in [1.54, 1.807) is 11.8 Å². The van der Waals surface area contributed by atoms with Crippen LogP contribution in [-0.2, 0) is 13.5 Å². The number of aromatic nitrogens is 1. The number of hydrogen-bond donors (Lipinski definition) is 0. The number of rotatable bonds is 4. The Morgan fingerprint density at radius 3 is 2.88 bits per heavy atom. The molecule has 0 aliphatic heterocycles. The molecule has 0 amide bonds. The van der Waals surface area contributed by atoms with Crippen molar-refractivity contribution in [2.24, 2.45) is 7.05 Å². The van der Waals surface area contributed by atoms with Gasteiger partial charge in [-0.05, 0) is 37.1 Å². The van der Waals surface area contributed by atoms with E-state index in [1.807, 2.05) is 0 Å². The van der Waals surface area contributed by atoms with Gasteiger partial charge in [-0.25, -0.2) is 0 Å². The Bertz CT molecular complexity index is 528. The minimum Gasteiger partial charge on any atom is -0.350 e. The van der Waals surface area contributed by atoms with Gasteiger partial charge in [0.1, 0.15) is 0 Å². The van der Waals surface area contributed by atoms with E-state index in [9.17, 15) is 0 Å². The van der Waals surface area contributed by atoms with Crippen LogP contribution in [0.15, 0.2) is 30.5 Å². The lowest BCUT2D eigenvalue weighted by Gasteiger charge is -2.00. The number of thiocarbonyl (C=S) groups is 1. The highest BCUT2D eigenvalue weighted by Crippen LogP contribution is 2.22. The SMILES string of the molecule is CSC(=S)CCCc1cn(C)c2ccccc12. The van der Waals surface area contributed by atoms with Crippen LogP contribution in [0, 0.1) is 0 Å². The lowest BCUT2D eigenvalue weighted by molar-refractivity contribution is 0.869. The Labute approximate surface area is 112 Å². The number of nitrogens with zero attached hydrogens (tertiary/aromatic N) is 1.